The molecule has 1 heterocycles. The number of morpholine rings is 1. The average Bonchev–Trinajstić information content (AvgIpc) is 2.39. The third kappa shape index (κ3) is 2.74. The standard InChI is InChI=1S/C12H22N2O2/c1-14(10-5-3-2-4-6-10)12(15)11-9-16-8-7-13-11/h10-11,13H,2-9H2,1H3. The Morgan fingerprint density at radius 1 is 1.31 bits per heavy atom. The van der Waals surface area contributed by atoms with E-state index in [-0.39, 0.29) is 11.9 Å². The van der Waals surface area contributed by atoms with Crippen molar-refractivity contribution in [2.75, 3.05) is 26.8 Å². The summed E-state index contributed by atoms with van der Waals surface area (Å²) in [6.07, 6.45) is 6.17. The van der Waals surface area contributed by atoms with E-state index in [2.05, 4.69) is 5.32 Å². The number of amides is 1. The first kappa shape index (κ1) is 11.9. The normalized spacial score (nSPS) is 27.7. The van der Waals surface area contributed by atoms with Gasteiger partial charge in [-0.15, -0.1) is 0 Å². The Hall–Kier alpha value is -0.610. The molecular weight excluding hydrogens is 204 g/mol. The summed E-state index contributed by atoms with van der Waals surface area (Å²) in [7, 11) is 1.94. The molecule has 0 aromatic rings. The molecule has 1 unspecified atom stereocenters. The summed E-state index contributed by atoms with van der Waals surface area (Å²) in [5, 5.41) is 3.22. The molecule has 16 heavy (non-hydrogen) atoms. The molecule has 0 aromatic carbocycles. The van der Waals surface area contributed by atoms with Crippen molar-refractivity contribution < 1.29 is 9.53 Å². The van der Waals surface area contributed by atoms with Crippen LogP contribution in [-0.4, -0.2) is 49.7 Å². The lowest BCUT2D eigenvalue weighted by molar-refractivity contribution is -0.137. The zero-order valence-electron chi connectivity index (χ0n) is 10.1. The van der Waals surface area contributed by atoms with Crippen molar-refractivity contribution in [1.82, 2.24) is 10.2 Å². The molecule has 1 saturated carbocycles. The van der Waals surface area contributed by atoms with Crippen LogP contribution in [0.25, 0.3) is 0 Å². The van der Waals surface area contributed by atoms with Crippen LogP contribution in [0.3, 0.4) is 0 Å². The van der Waals surface area contributed by atoms with Crippen LogP contribution in [0.2, 0.25) is 0 Å². The van der Waals surface area contributed by atoms with Gasteiger partial charge in [0.1, 0.15) is 6.04 Å². The van der Waals surface area contributed by atoms with E-state index in [0.29, 0.717) is 12.6 Å². The quantitative estimate of drug-likeness (QED) is 0.756. The highest BCUT2D eigenvalue weighted by Gasteiger charge is 2.28. The van der Waals surface area contributed by atoms with Gasteiger partial charge in [0.15, 0.2) is 0 Å². The van der Waals surface area contributed by atoms with Crippen LogP contribution in [0.15, 0.2) is 0 Å². The van der Waals surface area contributed by atoms with Crippen molar-refractivity contribution in [3.63, 3.8) is 0 Å². The zero-order chi connectivity index (χ0) is 11.4. The molecule has 4 nitrogen and oxygen atoms in total. The van der Waals surface area contributed by atoms with E-state index in [1.165, 1.54) is 19.3 Å². The SMILES string of the molecule is CN(C(=O)C1COCCN1)C1CCCCC1. The Balaban J connectivity index is 1.86. The van der Waals surface area contributed by atoms with Crippen LogP contribution < -0.4 is 5.32 Å². The number of hydrogen-bond donors (Lipinski definition) is 1. The number of ether oxygens (including phenoxy) is 1. The Kier molecular flexibility index (Phi) is 4.18. The molecule has 92 valence electrons. The minimum atomic E-state index is -0.124. The molecule has 1 saturated heterocycles. The second kappa shape index (κ2) is 5.64. The van der Waals surface area contributed by atoms with Gasteiger partial charge in [0.25, 0.3) is 0 Å². The van der Waals surface area contributed by atoms with Gasteiger partial charge in [0, 0.05) is 19.6 Å². The van der Waals surface area contributed by atoms with E-state index in [1.54, 1.807) is 0 Å². The maximum atomic E-state index is 12.2. The van der Waals surface area contributed by atoms with Crippen molar-refractivity contribution in [2.45, 2.75) is 44.2 Å². The molecule has 2 aliphatic rings. The van der Waals surface area contributed by atoms with E-state index in [1.807, 2.05) is 11.9 Å². The maximum Gasteiger partial charge on any atom is 0.242 e. The zero-order valence-corrected chi connectivity index (χ0v) is 10.1. The van der Waals surface area contributed by atoms with E-state index in [4.69, 9.17) is 4.74 Å². The van der Waals surface area contributed by atoms with Crippen LogP contribution in [-0.2, 0) is 9.53 Å². The molecule has 1 aliphatic heterocycles. The first-order valence-corrected chi connectivity index (χ1v) is 6.37. The molecule has 0 spiro atoms. The Bertz CT molecular complexity index is 233. The molecule has 2 rings (SSSR count). The second-order valence-electron chi connectivity index (χ2n) is 4.82. The molecule has 1 atom stereocenters. The number of nitrogens with zero attached hydrogens (tertiary/aromatic N) is 1. The third-order valence-corrected chi connectivity index (χ3v) is 3.69. The molecule has 1 amide bonds. The molecule has 1 aliphatic carbocycles. The Morgan fingerprint density at radius 2 is 2.06 bits per heavy atom. The first-order chi connectivity index (χ1) is 7.79. The highest BCUT2D eigenvalue weighted by molar-refractivity contribution is 5.82. The monoisotopic (exact) mass is 226 g/mol. The first-order valence-electron chi connectivity index (χ1n) is 6.37. The van der Waals surface area contributed by atoms with E-state index in [9.17, 15) is 4.79 Å². The van der Waals surface area contributed by atoms with Crippen molar-refractivity contribution in [3.8, 4) is 0 Å². The van der Waals surface area contributed by atoms with Crippen molar-refractivity contribution in [2.24, 2.45) is 0 Å². The number of carbonyl (C=O) groups excluding carboxylic acids is 1. The lowest BCUT2D eigenvalue weighted by atomic mass is 9.94. The highest BCUT2D eigenvalue weighted by Crippen LogP contribution is 2.22. The molecule has 0 radical (unpaired) electrons. The fraction of sp³-hybridized carbons (Fsp3) is 0.917. The fourth-order valence-electron chi connectivity index (χ4n) is 2.62. The van der Waals surface area contributed by atoms with E-state index in [0.717, 1.165) is 26.0 Å². The van der Waals surface area contributed by atoms with Gasteiger partial charge in [-0.2, -0.15) is 0 Å². The molecule has 1 N–H and O–H groups in total. The number of rotatable bonds is 2. The molecule has 0 bridgehead atoms. The van der Waals surface area contributed by atoms with Crippen LogP contribution >= 0.6 is 0 Å². The number of nitrogens with one attached hydrogen (secondary N) is 1. The minimum absolute atomic E-state index is 0.124. The predicted molar refractivity (Wildman–Crippen MR) is 62.3 cm³/mol. The summed E-state index contributed by atoms with van der Waals surface area (Å²) in [6.45, 7) is 2.03. The molecular formula is C12H22N2O2. The average molecular weight is 226 g/mol. The topological polar surface area (TPSA) is 41.6 Å². The highest BCUT2D eigenvalue weighted by atomic mass is 16.5. The fourth-order valence-corrected chi connectivity index (χ4v) is 2.62. The number of carbonyl (C=O) groups is 1. The van der Waals surface area contributed by atoms with Gasteiger partial charge in [-0.1, -0.05) is 19.3 Å². The summed E-state index contributed by atoms with van der Waals surface area (Å²) in [5.41, 5.74) is 0. The van der Waals surface area contributed by atoms with Gasteiger partial charge in [-0.25, -0.2) is 0 Å². The lowest BCUT2D eigenvalue weighted by Crippen LogP contribution is -2.54. The summed E-state index contributed by atoms with van der Waals surface area (Å²) in [6, 6.07) is 0.325. The smallest absolute Gasteiger partial charge is 0.242 e. The van der Waals surface area contributed by atoms with Crippen molar-refractivity contribution in [3.05, 3.63) is 0 Å². The Morgan fingerprint density at radius 3 is 2.69 bits per heavy atom. The molecule has 4 heteroatoms. The lowest BCUT2D eigenvalue weighted by Gasteiger charge is -2.34. The van der Waals surface area contributed by atoms with Crippen LogP contribution in [0.1, 0.15) is 32.1 Å². The van der Waals surface area contributed by atoms with Gasteiger partial charge in [0.2, 0.25) is 5.91 Å². The summed E-state index contributed by atoms with van der Waals surface area (Å²) >= 11 is 0. The predicted octanol–water partition coefficient (Wildman–Crippen LogP) is 0.766. The maximum absolute atomic E-state index is 12.2. The summed E-state index contributed by atoms with van der Waals surface area (Å²) < 4.78 is 5.33. The van der Waals surface area contributed by atoms with E-state index < -0.39 is 0 Å². The van der Waals surface area contributed by atoms with Crippen molar-refractivity contribution >= 4 is 5.91 Å². The minimum Gasteiger partial charge on any atom is -0.378 e. The van der Waals surface area contributed by atoms with Crippen molar-refractivity contribution in [1.29, 1.82) is 0 Å². The summed E-state index contributed by atoms with van der Waals surface area (Å²) in [5.74, 6) is 0.201. The van der Waals surface area contributed by atoms with Gasteiger partial charge in [0.05, 0.1) is 13.2 Å². The third-order valence-electron chi connectivity index (χ3n) is 3.69. The van der Waals surface area contributed by atoms with Gasteiger partial charge in [-0.3, -0.25) is 4.79 Å². The van der Waals surface area contributed by atoms with Gasteiger partial charge in [-0.05, 0) is 12.8 Å². The van der Waals surface area contributed by atoms with Gasteiger partial charge < -0.3 is 15.0 Å². The largest absolute Gasteiger partial charge is 0.378 e. The molecule has 2 fully saturated rings. The Labute approximate surface area is 97.3 Å². The number of likely N-dealkylation sites (N-methyl/N-ethyl adjacent to an activating group) is 1. The van der Waals surface area contributed by atoms with Crippen LogP contribution in [0.5, 0.6) is 0 Å². The molecule has 0 aromatic heterocycles. The second-order valence-corrected chi connectivity index (χ2v) is 4.82. The summed E-state index contributed by atoms with van der Waals surface area (Å²) in [4.78, 5) is 14.1. The van der Waals surface area contributed by atoms with Crippen LogP contribution in [0.4, 0.5) is 0 Å². The number of hydrogen-bond acceptors (Lipinski definition) is 3. The van der Waals surface area contributed by atoms with E-state index >= 15 is 0 Å². The van der Waals surface area contributed by atoms with Crippen LogP contribution in [0, 0.1) is 0 Å². The van der Waals surface area contributed by atoms with Gasteiger partial charge >= 0.3 is 0 Å².